The second-order valence-electron chi connectivity index (χ2n) is 8.66. The quantitative estimate of drug-likeness (QED) is 0.399. The predicted molar refractivity (Wildman–Crippen MR) is 130 cm³/mol. The van der Waals surface area contributed by atoms with E-state index in [1.807, 2.05) is 12.1 Å². The van der Waals surface area contributed by atoms with E-state index < -0.39 is 0 Å². The molecule has 1 fully saturated rings. The molecule has 11 heteroatoms. The van der Waals surface area contributed by atoms with Crippen molar-refractivity contribution in [1.29, 1.82) is 0 Å². The van der Waals surface area contributed by atoms with Gasteiger partial charge in [-0.15, -0.1) is 0 Å². The highest BCUT2D eigenvalue weighted by Crippen LogP contribution is 2.19. The van der Waals surface area contributed by atoms with Gasteiger partial charge in [-0.3, -0.25) is 4.57 Å². The van der Waals surface area contributed by atoms with Gasteiger partial charge in [-0.25, -0.2) is 9.78 Å². The molecule has 1 saturated heterocycles. The maximum absolute atomic E-state index is 12.5. The molecule has 4 rings (SSSR count). The first-order valence-corrected chi connectivity index (χ1v) is 11.9. The van der Waals surface area contributed by atoms with Gasteiger partial charge < -0.3 is 30.0 Å². The van der Waals surface area contributed by atoms with Crippen LogP contribution in [0.3, 0.4) is 0 Å². The molecule has 0 bridgehead atoms. The molecule has 11 nitrogen and oxygen atoms in total. The van der Waals surface area contributed by atoms with Crippen LogP contribution in [0.2, 0.25) is 0 Å². The number of pyridine rings is 1. The molecule has 4 heterocycles. The number of hydrogen-bond donors (Lipinski definition) is 2. The molecular formula is C23H34N8O3. The van der Waals surface area contributed by atoms with Gasteiger partial charge in [0.2, 0.25) is 5.88 Å². The normalized spacial score (nSPS) is 15.1. The van der Waals surface area contributed by atoms with E-state index >= 15 is 0 Å². The third-order valence-electron chi connectivity index (χ3n) is 5.96. The van der Waals surface area contributed by atoms with E-state index in [1.54, 1.807) is 6.20 Å². The van der Waals surface area contributed by atoms with Crippen LogP contribution in [0.5, 0.6) is 11.9 Å². The minimum Gasteiger partial charge on any atom is -0.478 e. The highest BCUT2D eigenvalue weighted by molar-refractivity contribution is 5.81. The lowest BCUT2D eigenvalue weighted by molar-refractivity contribution is 0.145. The standard InChI is InChI=1S/C23H34N8O3/c1-3-4-13-34-22-27-20(24)19-21(28-22)31(23(32)26-19)16-17-6-7-18(25-15-17)33-14-5-8-30-11-9-29(2)10-12-30/h6-7,15H,3-5,8-14,16H2,1-2H3,(H,26,32)(H2,24,27,28). The summed E-state index contributed by atoms with van der Waals surface area (Å²) in [5.74, 6) is 0.761. The molecule has 3 aromatic heterocycles. The van der Waals surface area contributed by atoms with Gasteiger partial charge in [0.25, 0.3) is 0 Å². The van der Waals surface area contributed by atoms with Gasteiger partial charge in [0.1, 0.15) is 5.52 Å². The summed E-state index contributed by atoms with van der Waals surface area (Å²) in [5.41, 5.74) is 7.37. The van der Waals surface area contributed by atoms with E-state index in [-0.39, 0.29) is 17.5 Å². The van der Waals surface area contributed by atoms with Crippen LogP contribution >= 0.6 is 0 Å². The number of hydrogen-bond acceptors (Lipinski definition) is 9. The molecule has 184 valence electrons. The minimum atomic E-state index is -0.314. The van der Waals surface area contributed by atoms with Crippen molar-refractivity contribution in [2.75, 3.05) is 58.7 Å². The van der Waals surface area contributed by atoms with E-state index in [0.717, 1.165) is 57.5 Å². The summed E-state index contributed by atoms with van der Waals surface area (Å²) in [6, 6.07) is 3.90. The molecule has 3 aromatic rings. The molecule has 0 aromatic carbocycles. The molecule has 0 amide bonds. The van der Waals surface area contributed by atoms with Crippen molar-refractivity contribution in [3.63, 3.8) is 0 Å². The average molecular weight is 471 g/mol. The van der Waals surface area contributed by atoms with E-state index in [9.17, 15) is 4.79 Å². The van der Waals surface area contributed by atoms with Gasteiger partial charge in [-0.2, -0.15) is 9.97 Å². The summed E-state index contributed by atoms with van der Waals surface area (Å²) >= 11 is 0. The van der Waals surface area contributed by atoms with Gasteiger partial charge >= 0.3 is 11.7 Å². The number of likely N-dealkylation sites (N-methyl/N-ethyl adjacent to an activating group) is 1. The molecule has 34 heavy (non-hydrogen) atoms. The number of nitrogen functional groups attached to an aromatic ring is 1. The lowest BCUT2D eigenvalue weighted by atomic mass is 10.3. The maximum Gasteiger partial charge on any atom is 0.328 e. The number of fused-ring (bicyclic) bond motifs is 1. The van der Waals surface area contributed by atoms with Crippen molar-refractivity contribution in [2.45, 2.75) is 32.7 Å². The second-order valence-corrected chi connectivity index (χ2v) is 8.66. The van der Waals surface area contributed by atoms with Gasteiger partial charge in [0, 0.05) is 45.0 Å². The van der Waals surface area contributed by atoms with Crippen LogP contribution in [-0.2, 0) is 6.54 Å². The molecular weight excluding hydrogens is 436 g/mol. The summed E-state index contributed by atoms with van der Waals surface area (Å²) in [6.07, 6.45) is 4.55. The Labute approximate surface area is 198 Å². The van der Waals surface area contributed by atoms with Crippen molar-refractivity contribution in [3.8, 4) is 11.9 Å². The summed E-state index contributed by atoms with van der Waals surface area (Å²) < 4.78 is 12.9. The molecule has 1 aliphatic heterocycles. The monoisotopic (exact) mass is 470 g/mol. The van der Waals surface area contributed by atoms with Crippen LogP contribution in [0.1, 0.15) is 31.7 Å². The van der Waals surface area contributed by atoms with Crippen molar-refractivity contribution < 1.29 is 9.47 Å². The highest BCUT2D eigenvalue weighted by Gasteiger charge is 2.16. The first kappa shape index (κ1) is 24.0. The van der Waals surface area contributed by atoms with Crippen LogP contribution in [0.25, 0.3) is 11.2 Å². The number of H-pyrrole nitrogens is 1. The second kappa shape index (κ2) is 11.3. The Morgan fingerprint density at radius 2 is 1.88 bits per heavy atom. The topological polar surface area (TPSA) is 127 Å². The van der Waals surface area contributed by atoms with Crippen LogP contribution in [-0.4, -0.2) is 87.3 Å². The summed E-state index contributed by atoms with van der Waals surface area (Å²) in [7, 11) is 2.16. The molecule has 0 aliphatic carbocycles. The fourth-order valence-corrected chi connectivity index (χ4v) is 3.86. The molecule has 3 N–H and O–H groups in total. The molecule has 0 unspecified atom stereocenters. The fourth-order valence-electron chi connectivity index (χ4n) is 3.86. The largest absolute Gasteiger partial charge is 0.478 e. The molecule has 0 saturated carbocycles. The van der Waals surface area contributed by atoms with E-state index in [4.69, 9.17) is 15.2 Å². The first-order chi connectivity index (χ1) is 16.5. The Kier molecular flexibility index (Phi) is 7.96. The smallest absolute Gasteiger partial charge is 0.328 e. The number of ether oxygens (including phenoxy) is 2. The van der Waals surface area contributed by atoms with Crippen LogP contribution in [0.15, 0.2) is 23.1 Å². The molecule has 0 atom stereocenters. The van der Waals surface area contributed by atoms with Gasteiger partial charge in [-0.05, 0) is 25.5 Å². The third-order valence-corrected chi connectivity index (χ3v) is 5.96. The van der Waals surface area contributed by atoms with Crippen LogP contribution < -0.4 is 20.9 Å². The lowest BCUT2D eigenvalue weighted by Crippen LogP contribution is -2.44. The number of rotatable bonds is 11. The molecule has 0 radical (unpaired) electrons. The van der Waals surface area contributed by atoms with E-state index in [0.29, 0.717) is 36.8 Å². The predicted octanol–water partition coefficient (Wildman–Crippen LogP) is 1.34. The number of aromatic amines is 1. The number of unbranched alkanes of at least 4 members (excludes halogenated alkanes) is 1. The van der Waals surface area contributed by atoms with Crippen molar-refractivity contribution in [2.24, 2.45) is 0 Å². The highest BCUT2D eigenvalue weighted by atomic mass is 16.5. The Morgan fingerprint density at radius 1 is 1.09 bits per heavy atom. The maximum atomic E-state index is 12.5. The third kappa shape index (κ3) is 6.03. The zero-order valence-electron chi connectivity index (χ0n) is 20.0. The minimum absolute atomic E-state index is 0.171. The van der Waals surface area contributed by atoms with Crippen LogP contribution in [0.4, 0.5) is 5.82 Å². The molecule has 0 spiro atoms. The zero-order chi connectivity index (χ0) is 23.9. The number of piperazine rings is 1. The number of imidazole rings is 1. The van der Waals surface area contributed by atoms with Gasteiger partial charge in [0.05, 0.1) is 19.8 Å². The van der Waals surface area contributed by atoms with Gasteiger partial charge in [0.15, 0.2) is 11.5 Å². The van der Waals surface area contributed by atoms with Gasteiger partial charge in [-0.1, -0.05) is 19.4 Å². The van der Waals surface area contributed by atoms with Crippen LogP contribution in [0, 0.1) is 0 Å². The Hall–Kier alpha value is -3.18. The van der Waals surface area contributed by atoms with E-state index in [2.05, 4.69) is 43.7 Å². The average Bonchev–Trinajstić information content (AvgIpc) is 3.15. The summed E-state index contributed by atoms with van der Waals surface area (Å²) in [4.78, 5) is 33.0. The number of anilines is 1. The number of nitrogens with two attached hydrogens (primary N) is 1. The fraction of sp³-hybridized carbons (Fsp3) is 0.565. The Morgan fingerprint density at radius 3 is 2.62 bits per heavy atom. The SMILES string of the molecule is CCCCOc1nc(N)c2[nH]c(=O)n(Cc3ccc(OCCCN4CCN(C)CC4)nc3)c2n1. The number of nitrogens with one attached hydrogen (secondary N) is 1. The molecule has 1 aliphatic rings. The summed E-state index contributed by atoms with van der Waals surface area (Å²) in [5, 5.41) is 0. The number of aromatic nitrogens is 5. The number of nitrogens with zero attached hydrogens (tertiary/aromatic N) is 6. The first-order valence-electron chi connectivity index (χ1n) is 11.9. The Bertz CT molecular complexity index is 1120. The summed E-state index contributed by atoms with van der Waals surface area (Å²) in [6.45, 7) is 8.98. The van der Waals surface area contributed by atoms with Crippen molar-refractivity contribution in [1.82, 2.24) is 34.3 Å². The van der Waals surface area contributed by atoms with E-state index in [1.165, 1.54) is 4.57 Å². The Balaban J connectivity index is 1.34. The lowest BCUT2D eigenvalue weighted by Gasteiger charge is -2.32. The zero-order valence-corrected chi connectivity index (χ0v) is 20.0. The van der Waals surface area contributed by atoms with Crippen molar-refractivity contribution in [3.05, 3.63) is 34.4 Å². The van der Waals surface area contributed by atoms with Crippen molar-refractivity contribution >= 4 is 17.0 Å².